The van der Waals surface area contributed by atoms with Gasteiger partial charge in [0, 0.05) is 11.8 Å². The Morgan fingerprint density at radius 3 is 1.65 bits per heavy atom. The fraction of sp³-hybridized carbons (Fsp3) is 0.632. The van der Waals surface area contributed by atoms with Crippen molar-refractivity contribution in [1.29, 1.82) is 0 Å². The molecular weight excluding hydrogens is 292 g/mol. The van der Waals surface area contributed by atoms with E-state index in [1.54, 1.807) is 0 Å². The molecule has 1 aliphatic heterocycles. The second-order valence-electron chi connectivity index (χ2n) is 8.30. The van der Waals surface area contributed by atoms with Crippen LogP contribution in [0.25, 0.3) is 0 Å². The van der Waals surface area contributed by atoms with Gasteiger partial charge in [0.15, 0.2) is 0 Å². The van der Waals surface area contributed by atoms with Crippen molar-refractivity contribution in [2.45, 2.75) is 12.8 Å². The lowest BCUT2D eigenvalue weighted by atomic mass is 9.47. The number of hydrogen-bond donors (Lipinski definition) is 0. The minimum atomic E-state index is -0.316. The first kappa shape index (κ1) is 12.7. The van der Waals surface area contributed by atoms with Crippen molar-refractivity contribution < 1.29 is 19.1 Å². The van der Waals surface area contributed by atoms with Crippen molar-refractivity contribution in [3.63, 3.8) is 0 Å². The molecule has 1 heterocycles. The molecule has 23 heavy (non-hydrogen) atoms. The fourth-order valence-corrected chi connectivity index (χ4v) is 7.03. The zero-order valence-electron chi connectivity index (χ0n) is 12.6. The fourth-order valence-electron chi connectivity index (χ4n) is 7.03. The normalized spacial score (nSPS) is 57.5. The van der Waals surface area contributed by atoms with Crippen LogP contribution >= 0.6 is 0 Å². The zero-order chi connectivity index (χ0) is 15.5. The predicted octanol–water partition coefficient (Wildman–Crippen LogP) is 1.76. The number of carbonyl (C=O) groups excluding carboxylic acids is 3. The quantitative estimate of drug-likeness (QED) is 0.389. The number of cyclic esters (lactones) is 2. The van der Waals surface area contributed by atoms with E-state index in [9.17, 15) is 14.4 Å². The predicted molar refractivity (Wildman–Crippen MR) is 78.5 cm³/mol. The van der Waals surface area contributed by atoms with Crippen LogP contribution < -0.4 is 0 Å². The first-order valence-electron chi connectivity index (χ1n) is 8.81. The molecule has 6 aliphatic carbocycles. The molecule has 3 saturated carbocycles. The van der Waals surface area contributed by atoms with Crippen molar-refractivity contribution in [2.75, 3.05) is 0 Å². The summed E-state index contributed by atoms with van der Waals surface area (Å²) in [6.45, 7) is 0. The average Bonchev–Trinajstić information content (AvgIpc) is 3.16. The summed E-state index contributed by atoms with van der Waals surface area (Å²) in [4.78, 5) is 36.7. The third-order valence-electron chi connectivity index (χ3n) is 7.80. The summed E-state index contributed by atoms with van der Waals surface area (Å²) in [6, 6.07) is 0. The highest BCUT2D eigenvalue weighted by molar-refractivity contribution is 5.97. The molecule has 10 atom stereocenters. The molecule has 0 aromatic rings. The summed E-state index contributed by atoms with van der Waals surface area (Å²) in [5, 5.41) is 0. The van der Waals surface area contributed by atoms with Crippen molar-refractivity contribution in [2.24, 2.45) is 59.2 Å². The topological polar surface area (TPSA) is 60.4 Å². The van der Waals surface area contributed by atoms with Gasteiger partial charge < -0.3 is 4.74 Å². The number of fused-ring (bicyclic) bond motifs is 5. The lowest BCUT2D eigenvalue weighted by Gasteiger charge is -2.54. The monoisotopic (exact) mass is 310 g/mol. The van der Waals surface area contributed by atoms with Crippen LogP contribution in [0.2, 0.25) is 0 Å². The Kier molecular flexibility index (Phi) is 2.12. The number of allylic oxidation sites excluding steroid dienone is 4. The Labute approximate surface area is 133 Å². The summed E-state index contributed by atoms with van der Waals surface area (Å²) in [7, 11) is 0. The highest BCUT2D eigenvalue weighted by Gasteiger charge is 2.65. The third-order valence-corrected chi connectivity index (χ3v) is 7.80. The second kappa shape index (κ2) is 3.85. The Balaban J connectivity index is 1.41. The van der Waals surface area contributed by atoms with E-state index in [0.717, 1.165) is 12.8 Å². The van der Waals surface area contributed by atoms with Crippen LogP contribution in [-0.2, 0) is 19.1 Å². The molecule has 0 spiro atoms. The maximum absolute atomic E-state index is 12.4. The maximum atomic E-state index is 12.4. The van der Waals surface area contributed by atoms with E-state index >= 15 is 0 Å². The van der Waals surface area contributed by atoms with E-state index in [4.69, 9.17) is 4.74 Å². The van der Waals surface area contributed by atoms with Gasteiger partial charge in [-0.15, -0.1) is 0 Å². The molecular formula is C19H18O4. The van der Waals surface area contributed by atoms with Gasteiger partial charge in [0.1, 0.15) is 5.78 Å². The van der Waals surface area contributed by atoms with E-state index < -0.39 is 0 Å². The van der Waals surface area contributed by atoms with Crippen LogP contribution in [0.1, 0.15) is 12.8 Å². The molecule has 4 fully saturated rings. The van der Waals surface area contributed by atoms with E-state index in [2.05, 4.69) is 24.3 Å². The molecule has 118 valence electrons. The number of rotatable bonds is 0. The Hall–Kier alpha value is -1.71. The summed E-state index contributed by atoms with van der Waals surface area (Å²) >= 11 is 0. The standard InChI is InChI=1S/C19H18O4/c20-17-9-3-4-10(17)14-6-12-8-2-1-7(11(12)5-13(9)14)15-16(8)19(22)23-18(15)21/h1-4,7-16H,5-6H2/t7-,8+,9+,10-,11+,12-,13-,14+,15-,16+. The van der Waals surface area contributed by atoms with Crippen LogP contribution in [0.15, 0.2) is 24.3 Å². The van der Waals surface area contributed by atoms with Crippen molar-refractivity contribution in [3.05, 3.63) is 24.3 Å². The minimum absolute atomic E-state index is 0.114. The van der Waals surface area contributed by atoms with E-state index in [0.29, 0.717) is 29.5 Å². The van der Waals surface area contributed by atoms with Gasteiger partial charge in [0.05, 0.1) is 11.8 Å². The summed E-state index contributed by atoms with van der Waals surface area (Å²) in [6.07, 6.45) is 10.6. The van der Waals surface area contributed by atoms with Crippen LogP contribution in [0.5, 0.6) is 0 Å². The lowest BCUT2D eigenvalue weighted by Crippen LogP contribution is -2.53. The first-order valence-corrected chi connectivity index (χ1v) is 8.81. The molecule has 0 unspecified atom stereocenters. The van der Waals surface area contributed by atoms with E-state index in [1.165, 1.54) is 0 Å². The van der Waals surface area contributed by atoms with Gasteiger partial charge >= 0.3 is 11.9 Å². The Morgan fingerprint density at radius 1 is 0.696 bits per heavy atom. The highest BCUT2D eigenvalue weighted by atomic mass is 16.6. The molecule has 0 N–H and O–H groups in total. The van der Waals surface area contributed by atoms with Crippen molar-refractivity contribution in [1.82, 2.24) is 0 Å². The van der Waals surface area contributed by atoms with Gasteiger partial charge in [0.25, 0.3) is 0 Å². The first-order chi connectivity index (χ1) is 11.1. The third kappa shape index (κ3) is 1.30. The molecule has 7 aliphatic rings. The minimum Gasteiger partial charge on any atom is -0.393 e. The smallest absolute Gasteiger partial charge is 0.318 e. The number of hydrogen-bond acceptors (Lipinski definition) is 4. The zero-order valence-corrected chi connectivity index (χ0v) is 12.6. The van der Waals surface area contributed by atoms with Gasteiger partial charge in [0.2, 0.25) is 0 Å². The number of carbonyl (C=O) groups is 3. The Bertz CT molecular complexity index is 663. The average molecular weight is 310 g/mol. The summed E-state index contributed by atoms with van der Waals surface area (Å²) in [5.41, 5.74) is 0. The van der Waals surface area contributed by atoms with E-state index in [1.807, 2.05) is 0 Å². The van der Waals surface area contributed by atoms with Crippen LogP contribution in [-0.4, -0.2) is 17.7 Å². The number of ether oxygens (including phenoxy) is 1. The molecule has 0 amide bonds. The molecule has 0 radical (unpaired) electrons. The van der Waals surface area contributed by atoms with Crippen LogP contribution in [0.4, 0.5) is 0 Å². The second-order valence-corrected chi connectivity index (χ2v) is 8.30. The number of Topliss-reactive ketones (excluding diaryl/α,β-unsaturated/α-hetero) is 1. The van der Waals surface area contributed by atoms with Crippen molar-refractivity contribution >= 4 is 17.7 Å². The molecule has 7 rings (SSSR count). The Morgan fingerprint density at radius 2 is 1.17 bits per heavy atom. The van der Waals surface area contributed by atoms with Gasteiger partial charge in [-0.25, -0.2) is 0 Å². The van der Waals surface area contributed by atoms with Crippen LogP contribution in [0, 0.1) is 59.2 Å². The molecule has 4 nitrogen and oxygen atoms in total. The maximum Gasteiger partial charge on any atom is 0.318 e. The largest absolute Gasteiger partial charge is 0.393 e. The molecule has 4 heteroatoms. The van der Waals surface area contributed by atoms with E-state index in [-0.39, 0.29) is 47.4 Å². The van der Waals surface area contributed by atoms with Crippen LogP contribution in [0.3, 0.4) is 0 Å². The van der Waals surface area contributed by atoms with Gasteiger partial charge in [-0.1, -0.05) is 24.3 Å². The van der Waals surface area contributed by atoms with Gasteiger partial charge in [-0.05, 0) is 48.3 Å². The molecule has 0 aromatic heterocycles. The van der Waals surface area contributed by atoms with Gasteiger partial charge in [-0.3, -0.25) is 14.4 Å². The molecule has 4 bridgehead atoms. The van der Waals surface area contributed by atoms with Crippen molar-refractivity contribution in [3.8, 4) is 0 Å². The number of esters is 2. The molecule has 0 aromatic carbocycles. The highest BCUT2D eigenvalue weighted by Crippen LogP contribution is 2.64. The van der Waals surface area contributed by atoms with Gasteiger partial charge in [-0.2, -0.15) is 0 Å². The lowest BCUT2D eigenvalue weighted by molar-refractivity contribution is -0.154. The number of ketones is 1. The SMILES string of the molecule is O=C1OC(=O)[C@H]2[C@H]3C=C[C@H]([C@@H]4C[C@H]5[C@@H](C[C@H]34)[C@H]3C=C[C@@H]5C3=O)[C@@H]12. The summed E-state index contributed by atoms with van der Waals surface area (Å²) in [5.74, 6) is 1.53. The summed E-state index contributed by atoms with van der Waals surface area (Å²) < 4.78 is 4.98. The molecule has 1 saturated heterocycles.